The minimum Gasteiger partial charge on any atom is -0.316 e. The molecule has 0 bridgehead atoms. The van der Waals surface area contributed by atoms with Crippen molar-refractivity contribution < 1.29 is 0 Å². The molecule has 2 nitrogen and oxygen atoms in total. The Bertz CT molecular complexity index is 172. The van der Waals surface area contributed by atoms with Gasteiger partial charge in [-0.05, 0) is 64.3 Å². The van der Waals surface area contributed by atoms with Gasteiger partial charge in [0.25, 0.3) is 0 Å². The molecule has 1 aliphatic heterocycles. The van der Waals surface area contributed by atoms with Crippen LogP contribution in [0.25, 0.3) is 0 Å². The molecule has 0 aromatic rings. The van der Waals surface area contributed by atoms with Crippen LogP contribution in [-0.4, -0.2) is 37.6 Å². The normalized spacial score (nSPS) is 18.2. The molecule has 0 unspecified atom stereocenters. The molecule has 0 saturated carbocycles. The second-order valence-electron chi connectivity index (χ2n) is 6.27. The predicted molar refractivity (Wildman–Crippen MR) is 81.1 cm³/mol. The predicted octanol–water partition coefficient (Wildman–Crippen LogP) is 3.67. The molecule has 0 atom stereocenters. The highest BCUT2D eigenvalue weighted by atomic mass is 15.1. The minimum absolute atomic E-state index is 0.785. The molecular formula is C16H34N2. The summed E-state index contributed by atoms with van der Waals surface area (Å²) in [4.78, 5) is 2.68. The fourth-order valence-electron chi connectivity index (χ4n) is 2.69. The van der Waals surface area contributed by atoms with Crippen molar-refractivity contribution in [3.63, 3.8) is 0 Å². The Kier molecular flexibility index (Phi) is 9.59. The van der Waals surface area contributed by atoms with E-state index in [0.29, 0.717) is 0 Å². The number of unbranched alkanes of at least 4 members (excludes halogenated alkanes) is 3. The first kappa shape index (κ1) is 16.0. The average Bonchev–Trinajstić information content (AvgIpc) is 2.61. The molecular weight excluding hydrogens is 220 g/mol. The number of rotatable bonds is 9. The van der Waals surface area contributed by atoms with Crippen LogP contribution < -0.4 is 5.32 Å². The molecule has 18 heavy (non-hydrogen) atoms. The number of nitrogens with one attached hydrogen (secondary N) is 1. The largest absolute Gasteiger partial charge is 0.316 e. The van der Waals surface area contributed by atoms with Gasteiger partial charge in [-0.2, -0.15) is 0 Å². The van der Waals surface area contributed by atoms with Crippen molar-refractivity contribution in [3.8, 4) is 0 Å². The van der Waals surface area contributed by atoms with Gasteiger partial charge in [0.2, 0.25) is 0 Å². The summed E-state index contributed by atoms with van der Waals surface area (Å²) < 4.78 is 0. The summed E-state index contributed by atoms with van der Waals surface area (Å²) in [6, 6.07) is 0. The lowest BCUT2D eigenvalue weighted by molar-refractivity contribution is 0.277. The highest BCUT2D eigenvalue weighted by Gasteiger charge is 2.07. The Morgan fingerprint density at radius 2 is 1.56 bits per heavy atom. The summed E-state index contributed by atoms with van der Waals surface area (Å²) in [5, 5.41) is 3.52. The van der Waals surface area contributed by atoms with Crippen LogP contribution in [0.1, 0.15) is 65.2 Å². The Hall–Kier alpha value is -0.0800. The maximum absolute atomic E-state index is 3.52. The number of nitrogens with zero attached hydrogens (tertiary/aromatic N) is 1. The fourth-order valence-corrected chi connectivity index (χ4v) is 2.69. The van der Waals surface area contributed by atoms with Gasteiger partial charge < -0.3 is 10.2 Å². The Morgan fingerprint density at radius 3 is 2.22 bits per heavy atom. The molecule has 0 aliphatic carbocycles. The standard InChI is InChI=1S/C16H34N2/c1-16(2)15-17-11-7-3-4-8-12-18-13-9-5-6-10-14-18/h16-17H,3-15H2,1-2H3. The average molecular weight is 254 g/mol. The number of hydrogen-bond acceptors (Lipinski definition) is 2. The van der Waals surface area contributed by atoms with Crippen molar-refractivity contribution in [3.05, 3.63) is 0 Å². The van der Waals surface area contributed by atoms with Crippen molar-refractivity contribution in [2.24, 2.45) is 5.92 Å². The maximum atomic E-state index is 3.52. The minimum atomic E-state index is 0.785. The van der Waals surface area contributed by atoms with E-state index in [-0.39, 0.29) is 0 Å². The zero-order valence-electron chi connectivity index (χ0n) is 12.7. The van der Waals surface area contributed by atoms with E-state index < -0.39 is 0 Å². The lowest BCUT2D eigenvalue weighted by Crippen LogP contribution is -2.25. The second kappa shape index (κ2) is 10.8. The van der Waals surface area contributed by atoms with Crippen LogP contribution in [0.5, 0.6) is 0 Å². The molecule has 1 heterocycles. The van der Waals surface area contributed by atoms with Crippen LogP contribution in [-0.2, 0) is 0 Å². The van der Waals surface area contributed by atoms with Gasteiger partial charge in [-0.25, -0.2) is 0 Å². The SMILES string of the molecule is CC(C)CNCCCCCCN1CCCCCC1. The van der Waals surface area contributed by atoms with E-state index in [1.165, 1.54) is 84.1 Å². The number of hydrogen-bond donors (Lipinski definition) is 1. The lowest BCUT2D eigenvalue weighted by Gasteiger charge is -2.19. The van der Waals surface area contributed by atoms with Crippen LogP contribution in [0.2, 0.25) is 0 Å². The van der Waals surface area contributed by atoms with Gasteiger partial charge in [-0.3, -0.25) is 0 Å². The highest BCUT2D eigenvalue weighted by Crippen LogP contribution is 2.10. The summed E-state index contributed by atoms with van der Waals surface area (Å²) in [6.07, 6.45) is 11.4. The summed E-state index contributed by atoms with van der Waals surface area (Å²) in [7, 11) is 0. The third kappa shape index (κ3) is 8.93. The molecule has 108 valence electrons. The van der Waals surface area contributed by atoms with E-state index in [1.807, 2.05) is 0 Å². The first-order valence-corrected chi connectivity index (χ1v) is 8.22. The Morgan fingerprint density at radius 1 is 0.889 bits per heavy atom. The molecule has 1 fully saturated rings. The van der Waals surface area contributed by atoms with E-state index >= 15 is 0 Å². The molecule has 2 heteroatoms. The van der Waals surface area contributed by atoms with Gasteiger partial charge in [0.05, 0.1) is 0 Å². The van der Waals surface area contributed by atoms with Gasteiger partial charge in [-0.15, -0.1) is 0 Å². The summed E-state index contributed by atoms with van der Waals surface area (Å²) in [5.41, 5.74) is 0. The van der Waals surface area contributed by atoms with Gasteiger partial charge in [0.15, 0.2) is 0 Å². The second-order valence-corrected chi connectivity index (χ2v) is 6.27. The topological polar surface area (TPSA) is 15.3 Å². The quantitative estimate of drug-likeness (QED) is 0.632. The van der Waals surface area contributed by atoms with E-state index in [1.54, 1.807) is 0 Å². The van der Waals surface area contributed by atoms with E-state index in [0.717, 1.165) is 5.92 Å². The molecule has 1 aliphatic rings. The van der Waals surface area contributed by atoms with Crippen molar-refractivity contribution in [2.75, 3.05) is 32.7 Å². The molecule has 0 aromatic carbocycles. The molecule has 1 rings (SSSR count). The van der Waals surface area contributed by atoms with Gasteiger partial charge in [0, 0.05) is 0 Å². The first-order chi connectivity index (χ1) is 8.79. The maximum Gasteiger partial charge on any atom is -0.00187 e. The van der Waals surface area contributed by atoms with Crippen LogP contribution in [0.4, 0.5) is 0 Å². The summed E-state index contributed by atoms with van der Waals surface area (Å²) in [6.45, 7) is 11.0. The summed E-state index contributed by atoms with van der Waals surface area (Å²) in [5.74, 6) is 0.785. The third-order valence-electron chi connectivity index (χ3n) is 3.83. The first-order valence-electron chi connectivity index (χ1n) is 8.22. The zero-order valence-corrected chi connectivity index (χ0v) is 12.7. The summed E-state index contributed by atoms with van der Waals surface area (Å²) >= 11 is 0. The molecule has 0 aromatic heterocycles. The van der Waals surface area contributed by atoms with Gasteiger partial charge in [-0.1, -0.05) is 39.5 Å². The molecule has 0 radical (unpaired) electrons. The van der Waals surface area contributed by atoms with Crippen LogP contribution in [0.3, 0.4) is 0 Å². The van der Waals surface area contributed by atoms with Crippen LogP contribution >= 0.6 is 0 Å². The van der Waals surface area contributed by atoms with Crippen LogP contribution in [0, 0.1) is 5.92 Å². The lowest BCUT2D eigenvalue weighted by atomic mass is 10.1. The zero-order chi connectivity index (χ0) is 13.1. The molecule has 0 amide bonds. The molecule has 0 spiro atoms. The smallest absolute Gasteiger partial charge is 0.00187 e. The van der Waals surface area contributed by atoms with Crippen molar-refractivity contribution in [1.82, 2.24) is 10.2 Å². The van der Waals surface area contributed by atoms with E-state index in [9.17, 15) is 0 Å². The van der Waals surface area contributed by atoms with Gasteiger partial charge >= 0.3 is 0 Å². The van der Waals surface area contributed by atoms with E-state index in [2.05, 4.69) is 24.1 Å². The van der Waals surface area contributed by atoms with Crippen LogP contribution in [0.15, 0.2) is 0 Å². The van der Waals surface area contributed by atoms with Crippen molar-refractivity contribution >= 4 is 0 Å². The number of likely N-dealkylation sites (tertiary alicyclic amines) is 1. The Labute approximate surface area is 115 Å². The van der Waals surface area contributed by atoms with E-state index in [4.69, 9.17) is 0 Å². The van der Waals surface area contributed by atoms with Crippen molar-refractivity contribution in [2.45, 2.75) is 65.2 Å². The molecule has 1 saturated heterocycles. The monoisotopic (exact) mass is 254 g/mol. The third-order valence-corrected chi connectivity index (χ3v) is 3.83. The molecule has 1 N–H and O–H groups in total. The Balaban J connectivity index is 1.83. The van der Waals surface area contributed by atoms with Crippen molar-refractivity contribution in [1.29, 1.82) is 0 Å². The fraction of sp³-hybridized carbons (Fsp3) is 1.00. The van der Waals surface area contributed by atoms with Gasteiger partial charge in [0.1, 0.15) is 0 Å². The highest BCUT2D eigenvalue weighted by molar-refractivity contribution is 4.63.